The monoisotopic (exact) mass is 557 g/mol. The van der Waals surface area contributed by atoms with Gasteiger partial charge in [-0.05, 0) is 60.2 Å². The number of hydrogen-bond donors (Lipinski definition) is 0. The van der Waals surface area contributed by atoms with Gasteiger partial charge in [0, 0.05) is 42.6 Å². The van der Waals surface area contributed by atoms with Crippen molar-refractivity contribution in [1.82, 2.24) is 19.7 Å². The third-order valence-electron chi connectivity index (χ3n) is 6.31. The van der Waals surface area contributed by atoms with Crippen LogP contribution in [-0.4, -0.2) is 53.0 Å². The van der Waals surface area contributed by atoms with Gasteiger partial charge in [0.1, 0.15) is 11.6 Å². The molecule has 0 atom stereocenters. The fraction of sp³-hybridized carbons (Fsp3) is 0.259. The smallest absolute Gasteiger partial charge is 0.196 e. The van der Waals surface area contributed by atoms with Gasteiger partial charge in [0.05, 0.1) is 24.4 Å². The van der Waals surface area contributed by atoms with Gasteiger partial charge in [-0.15, -0.1) is 10.2 Å². The molecule has 1 saturated heterocycles. The summed E-state index contributed by atoms with van der Waals surface area (Å²) in [7, 11) is 1.68. The van der Waals surface area contributed by atoms with Gasteiger partial charge in [-0.25, -0.2) is 4.39 Å². The topological polar surface area (TPSA) is 46.4 Å². The Morgan fingerprint density at radius 2 is 1.65 bits per heavy atom. The molecular weight excluding hydrogens is 532 g/mol. The third kappa shape index (κ3) is 6.21. The Hall–Kier alpha value is -2.78. The summed E-state index contributed by atoms with van der Waals surface area (Å²) in [6.45, 7) is 4.25. The van der Waals surface area contributed by atoms with Crippen molar-refractivity contribution in [3.8, 4) is 11.4 Å². The number of hydrogen-bond acceptors (Lipinski definition) is 6. The molecule has 0 radical (unpaired) electrons. The Kier molecular flexibility index (Phi) is 8.20. The molecule has 1 aliphatic heterocycles. The first-order valence-corrected chi connectivity index (χ1v) is 13.6. The van der Waals surface area contributed by atoms with Crippen molar-refractivity contribution in [3.05, 3.63) is 94.0 Å². The maximum Gasteiger partial charge on any atom is 0.196 e. The van der Waals surface area contributed by atoms with Crippen molar-refractivity contribution in [2.24, 2.45) is 0 Å². The Morgan fingerprint density at radius 3 is 2.32 bits per heavy atom. The van der Waals surface area contributed by atoms with Gasteiger partial charge in [0.2, 0.25) is 0 Å². The summed E-state index contributed by atoms with van der Waals surface area (Å²) < 4.78 is 20.6. The fourth-order valence-electron chi connectivity index (χ4n) is 4.29. The maximum atomic E-state index is 13.3. The molecule has 0 unspecified atom stereocenters. The predicted octanol–water partition coefficient (Wildman–Crippen LogP) is 6.34. The molecule has 0 bridgehead atoms. The number of anilines is 1. The quantitative estimate of drug-likeness (QED) is 0.236. The number of rotatable bonds is 8. The van der Waals surface area contributed by atoms with Gasteiger partial charge in [-0.3, -0.25) is 9.47 Å². The van der Waals surface area contributed by atoms with E-state index in [0.29, 0.717) is 22.3 Å². The number of methoxy groups -OCH3 is 1. The molecule has 5 rings (SSSR count). The summed E-state index contributed by atoms with van der Waals surface area (Å²) in [6, 6.07) is 20.1. The lowest BCUT2D eigenvalue weighted by Crippen LogP contribution is -2.46. The molecule has 192 valence electrons. The lowest BCUT2D eigenvalue weighted by atomic mass is 10.2. The molecule has 3 aromatic carbocycles. The van der Waals surface area contributed by atoms with E-state index < -0.39 is 0 Å². The van der Waals surface area contributed by atoms with Gasteiger partial charge in [0.15, 0.2) is 11.0 Å². The van der Waals surface area contributed by atoms with Gasteiger partial charge in [-0.2, -0.15) is 0 Å². The number of aromatic nitrogens is 3. The first kappa shape index (κ1) is 25.9. The van der Waals surface area contributed by atoms with Crippen LogP contribution in [0.1, 0.15) is 11.4 Å². The zero-order valence-electron chi connectivity index (χ0n) is 20.3. The highest BCUT2D eigenvalue weighted by Crippen LogP contribution is 2.31. The summed E-state index contributed by atoms with van der Waals surface area (Å²) >= 11 is 14.3. The summed E-state index contributed by atoms with van der Waals surface area (Å²) in [5, 5.41) is 10.9. The lowest BCUT2D eigenvalue weighted by molar-refractivity contribution is 0.242. The van der Waals surface area contributed by atoms with Gasteiger partial charge in [0.25, 0.3) is 0 Å². The zero-order valence-corrected chi connectivity index (χ0v) is 22.6. The fourth-order valence-corrected chi connectivity index (χ4v) is 5.70. The van der Waals surface area contributed by atoms with Crippen LogP contribution < -0.4 is 9.64 Å². The highest BCUT2D eigenvalue weighted by atomic mass is 35.5. The van der Waals surface area contributed by atoms with E-state index in [9.17, 15) is 4.39 Å². The molecule has 0 aliphatic carbocycles. The number of piperazine rings is 1. The summed E-state index contributed by atoms with van der Waals surface area (Å²) in [4.78, 5) is 4.75. The van der Waals surface area contributed by atoms with Gasteiger partial charge in [-0.1, -0.05) is 47.1 Å². The van der Waals surface area contributed by atoms with Crippen molar-refractivity contribution < 1.29 is 9.13 Å². The van der Waals surface area contributed by atoms with E-state index in [-0.39, 0.29) is 5.82 Å². The van der Waals surface area contributed by atoms with Crippen molar-refractivity contribution in [3.63, 3.8) is 0 Å². The van der Waals surface area contributed by atoms with E-state index in [1.54, 1.807) is 25.3 Å². The van der Waals surface area contributed by atoms with Crippen molar-refractivity contribution in [2.75, 3.05) is 38.2 Å². The van der Waals surface area contributed by atoms with Crippen LogP contribution in [0.3, 0.4) is 0 Å². The van der Waals surface area contributed by atoms with E-state index in [0.717, 1.165) is 54.2 Å². The standard InChI is InChI=1S/C27H26Cl2FN5OS/c1-36-23-9-7-22(8-10-23)34-14-12-33(13-15-34)17-26-31-32-27(37-18-19-2-5-21(30)6-3-19)35(26)25-11-4-20(28)16-24(25)29/h2-11,16H,12-15,17-18H2,1H3. The Bertz CT molecular complexity index is 1340. The second kappa shape index (κ2) is 11.7. The Balaban J connectivity index is 1.33. The highest BCUT2D eigenvalue weighted by molar-refractivity contribution is 7.98. The molecule has 2 heterocycles. The zero-order chi connectivity index (χ0) is 25.8. The van der Waals surface area contributed by atoms with Crippen molar-refractivity contribution >= 4 is 40.7 Å². The minimum atomic E-state index is -0.251. The minimum absolute atomic E-state index is 0.251. The second-order valence-electron chi connectivity index (χ2n) is 8.71. The average molecular weight is 559 g/mol. The number of benzene rings is 3. The molecular formula is C27H26Cl2FN5OS. The normalized spacial score (nSPS) is 14.2. The maximum absolute atomic E-state index is 13.3. The van der Waals surface area contributed by atoms with Crippen molar-refractivity contribution in [2.45, 2.75) is 17.5 Å². The molecule has 0 saturated carbocycles. The molecule has 1 aliphatic rings. The molecule has 0 spiro atoms. The van der Waals surface area contributed by atoms with E-state index >= 15 is 0 Å². The second-order valence-corrected chi connectivity index (χ2v) is 10.5. The van der Waals surface area contributed by atoms with Crippen molar-refractivity contribution in [1.29, 1.82) is 0 Å². The van der Waals surface area contributed by atoms with Crippen LogP contribution in [0.25, 0.3) is 5.69 Å². The third-order valence-corrected chi connectivity index (χ3v) is 7.85. The SMILES string of the molecule is COc1ccc(N2CCN(Cc3nnc(SCc4ccc(F)cc4)n3-c3ccc(Cl)cc3Cl)CC2)cc1. The summed E-state index contributed by atoms with van der Waals surface area (Å²) in [5.74, 6) is 2.04. The molecule has 6 nitrogen and oxygen atoms in total. The number of nitrogens with zero attached hydrogens (tertiary/aromatic N) is 5. The summed E-state index contributed by atoms with van der Waals surface area (Å²) in [6.07, 6.45) is 0. The average Bonchev–Trinajstić information content (AvgIpc) is 3.31. The van der Waals surface area contributed by atoms with Crippen LogP contribution in [0.4, 0.5) is 10.1 Å². The van der Waals surface area contributed by atoms with E-state index in [2.05, 4.69) is 32.1 Å². The molecule has 37 heavy (non-hydrogen) atoms. The molecule has 1 aromatic heterocycles. The highest BCUT2D eigenvalue weighted by Gasteiger charge is 2.22. The van der Waals surface area contributed by atoms with Crippen LogP contribution in [-0.2, 0) is 12.3 Å². The Labute approximate surface area is 230 Å². The van der Waals surface area contributed by atoms with E-state index in [1.165, 1.54) is 29.6 Å². The van der Waals surface area contributed by atoms with Crippen LogP contribution in [0.2, 0.25) is 10.0 Å². The van der Waals surface area contributed by atoms with Crippen LogP contribution in [0.5, 0.6) is 5.75 Å². The molecule has 1 fully saturated rings. The molecule has 0 N–H and O–H groups in total. The van der Waals surface area contributed by atoms with Crippen LogP contribution >= 0.6 is 35.0 Å². The largest absolute Gasteiger partial charge is 0.497 e. The summed E-state index contributed by atoms with van der Waals surface area (Å²) in [5.41, 5.74) is 2.97. The van der Waals surface area contributed by atoms with Gasteiger partial charge < -0.3 is 9.64 Å². The van der Waals surface area contributed by atoms with E-state index in [4.69, 9.17) is 27.9 Å². The number of ether oxygens (including phenoxy) is 1. The number of thioether (sulfide) groups is 1. The molecule has 0 amide bonds. The predicted molar refractivity (Wildman–Crippen MR) is 148 cm³/mol. The first-order chi connectivity index (χ1) is 18.0. The Morgan fingerprint density at radius 1 is 0.919 bits per heavy atom. The molecule has 4 aromatic rings. The minimum Gasteiger partial charge on any atom is -0.497 e. The number of halogens is 3. The van der Waals surface area contributed by atoms with Gasteiger partial charge >= 0.3 is 0 Å². The van der Waals surface area contributed by atoms with Crippen LogP contribution in [0.15, 0.2) is 71.9 Å². The molecule has 10 heteroatoms. The first-order valence-electron chi connectivity index (χ1n) is 11.9. The van der Waals surface area contributed by atoms with E-state index in [1.807, 2.05) is 28.8 Å². The lowest BCUT2D eigenvalue weighted by Gasteiger charge is -2.36. The van der Waals surface area contributed by atoms with Crippen LogP contribution in [0, 0.1) is 5.82 Å².